The van der Waals surface area contributed by atoms with Crippen LogP contribution in [-0.2, 0) is 16.2 Å². The van der Waals surface area contributed by atoms with Crippen LogP contribution in [0.3, 0.4) is 0 Å². The third kappa shape index (κ3) is 7.45. The Morgan fingerprint density at radius 2 is 1.77 bits per heavy atom. The van der Waals surface area contributed by atoms with Gasteiger partial charge in [0.05, 0.1) is 12.8 Å². The van der Waals surface area contributed by atoms with E-state index in [1.54, 1.807) is 36.4 Å². The minimum absolute atomic E-state index is 0.0934. The highest BCUT2D eigenvalue weighted by Gasteiger charge is 2.14. The predicted molar refractivity (Wildman–Crippen MR) is 122 cm³/mol. The van der Waals surface area contributed by atoms with Crippen LogP contribution in [-0.4, -0.2) is 30.7 Å². The van der Waals surface area contributed by atoms with Gasteiger partial charge in [0.2, 0.25) is 0 Å². The van der Waals surface area contributed by atoms with Crippen LogP contribution in [0.15, 0.2) is 41.5 Å². The van der Waals surface area contributed by atoms with E-state index in [2.05, 4.69) is 15.8 Å². The largest absolute Gasteiger partial charge is 0.490 e. The molecular formula is C22H25Cl2N3O4. The van der Waals surface area contributed by atoms with Gasteiger partial charge in [-0.05, 0) is 56.2 Å². The lowest BCUT2D eigenvalue weighted by molar-refractivity contribution is -0.139. The summed E-state index contributed by atoms with van der Waals surface area (Å²) < 4.78 is 11.5. The Labute approximate surface area is 191 Å². The van der Waals surface area contributed by atoms with Gasteiger partial charge in [0, 0.05) is 21.7 Å². The Kier molecular flexibility index (Phi) is 9.62. The van der Waals surface area contributed by atoms with Crippen LogP contribution in [0, 0.1) is 0 Å². The van der Waals surface area contributed by atoms with Gasteiger partial charge in [-0.2, -0.15) is 5.10 Å². The number of amides is 2. The number of hydrogen-bond donors (Lipinski definition) is 2. The average Bonchev–Trinajstić information content (AvgIpc) is 2.74. The van der Waals surface area contributed by atoms with Crippen LogP contribution in [0.25, 0.3) is 0 Å². The van der Waals surface area contributed by atoms with Gasteiger partial charge >= 0.3 is 11.8 Å². The molecule has 166 valence electrons. The Hall–Kier alpha value is -2.77. The molecule has 0 fully saturated rings. The molecule has 31 heavy (non-hydrogen) atoms. The molecule has 0 aliphatic rings. The van der Waals surface area contributed by atoms with Gasteiger partial charge in [-0.25, -0.2) is 5.43 Å². The number of benzene rings is 2. The number of carbonyl (C=O) groups excluding carboxylic acids is 2. The van der Waals surface area contributed by atoms with Crippen molar-refractivity contribution >= 4 is 41.2 Å². The van der Waals surface area contributed by atoms with Crippen molar-refractivity contribution in [2.24, 2.45) is 5.10 Å². The minimum Gasteiger partial charge on any atom is -0.490 e. The summed E-state index contributed by atoms with van der Waals surface area (Å²) >= 11 is 12.4. The maximum Gasteiger partial charge on any atom is 0.329 e. The maximum atomic E-state index is 11.8. The summed E-state index contributed by atoms with van der Waals surface area (Å²) in [7, 11) is 0. The van der Waals surface area contributed by atoms with E-state index in [0.717, 1.165) is 6.42 Å². The smallest absolute Gasteiger partial charge is 0.329 e. The van der Waals surface area contributed by atoms with E-state index in [1.165, 1.54) is 6.21 Å². The number of ether oxygens (including phenoxy) is 2. The lowest BCUT2D eigenvalue weighted by atomic mass is 10.2. The quantitative estimate of drug-likeness (QED) is 0.327. The molecule has 0 aromatic heterocycles. The van der Waals surface area contributed by atoms with Crippen LogP contribution >= 0.6 is 23.2 Å². The Morgan fingerprint density at radius 1 is 1.06 bits per heavy atom. The molecule has 0 heterocycles. The molecule has 2 aromatic rings. The summed E-state index contributed by atoms with van der Waals surface area (Å²) in [5.41, 5.74) is 3.53. The molecule has 0 saturated heterocycles. The van der Waals surface area contributed by atoms with Crippen LogP contribution < -0.4 is 20.2 Å². The fraction of sp³-hybridized carbons (Fsp3) is 0.318. The number of hydrazone groups is 1. The Morgan fingerprint density at radius 3 is 2.42 bits per heavy atom. The molecule has 0 saturated carbocycles. The molecule has 0 aliphatic heterocycles. The van der Waals surface area contributed by atoms with Gasteiger partial charge in [0.25, 0.3) is 0 Å². The number of rotatable bonds is 9. The summed E-state index contributed by atoms with van der Waals surface area (Å²) in [5.74, 6) is -0.566. The Bertz CT molecular complexity index is 930. The molecule has 2 amide bonds. The second kappa shape index (κ2) is 12.2. The average molecular weight is 466 g/mol. The summed E-state index contributed by atoms with van der Waals surface area (Å²) in [6, 6.07) is 10.3. The second-order valence-electron chi connectivity index (χ2n) is 6.61. The molecule has 2 N–H and O–H groups in total. The monoisotopic (exact) mass is 465 g/mol. The standard InChI is InChI=1S/C22H25Cl2N3O4/c1-4-14(3)26-21(28)22(29)27-25-12-15-9-10-19(20(11-15)30-5-2)31-13-16-17(23)7-6-8-18(16)24/h6-12,14H,4-5,13H2,1-3H3,(H,26,28)(H,27,29)/b25-12-/t14-/m0/s1. The van der Waals surface area contributed by atoms with Gasteiger partial charge in [0.15, 0.2) is 11.5 Å². The lowest BCUT2D eigenvalue weighted by Gasteiger charge is -2.14. The van der Waals surface area contributed by atoms with Gasteiger partial charge < -0.3 is 14.8 Å². The third-order valence-electron chi connectivity index (χ3n) is 4.28. The molecule has 9 heteroatoms. The first kappa shape index (κ1) is 24.5. The zero-order valence-corrected chi connectivity index (χ0v) is 19.1. The van der Waals surface area contributed by atoms with Crippen molar-refractivity contribution in [1.29, 1.82) is 0 Å². The molecule has 0 spiro atoms. The second-order valence-corrected chi connectivity index (χ2v) is 7.42. The number of hydrogen-bond acceptors (Lipinski definition) is 5. The Balaban J connectivity index is 2.05. The van der Waals surface area contributed by atoms with Crippen LogP contribution in [0.1, 0.15) is 38.3 Å². The van der Waals surface area contributed by atoms with Crippen LogP contribution in [0.4, 0.5) is 0 Å². The van der Waals surface area contributed by atoms with Gasteiger partial charge in [0.1, 0.15) is 6.61 Å². The number of nitrogens with zero attached hydrogens (tertiary/aromatic N) is 1. The summed E-state index contributed by atoms with van der Waals surface area (Å²) in [5, 5.41) is 7.43. The van der Waals surface area contributed by atoms with Crippen molar-refractivity contribution in [2.45, 2.75) is 39.8 Å². The normalized spacial score (nSPS) is 11.8. The lowest BCUT2D eigenvalue weighted by Crippen LogP contribution is -2.41. The van der Waals surface area contributed by atoms with E-state index >= 15 is 0 Å². The highest BCUT2D eigenvalue weighted by molar-refractivity contribution is 6.36. The van der Waals surface area contributed by atoms with Crippen molar-refractivity contribution in [2.75, 3.05) is 6.61 Å². The molecular weight excluding hydrogens is 441 g/mol. The maximum absolute atomic E-state index is 11.8. The first-order valence-corrected chi connectivity index (χ1v) is 10.6. The highest BCUT2D eigenvalue weighted by Crippen LogP contribution is 2.31. The molecule has 0 aliphatic carbocycles. The fourth-order valence-corrected chi connectivity index (χ4v) is 2.93. The molecule has 0 radical (unpaired) electrons. The SMILES string of the molecule is CCOc1cc(/C=N\NC(=O)C(=O)N[C@@H](C)CC)ccc1OCc1c(Cl)cccc1Cl. The van der Waals surface area contributed by atoms with E-state index in [9.17, 15) is 9.59 Å². The van der Waals surface area contributed by atoms with E-state index in [-0.39, 0.29) is 12.6 Å². The van der Waals surface area contributed by atoms with Crippen molar-refractivity contribution in [3.8, 4) is 11.5 Å². The number of nitrogens with one attached hydrogen (secondary N) is 2. The molecule has 0 bridgehead atoms. The number of carbonyl (C=O) groups is 2. The van der Waals surface area contributed by atoms with Crippen molar-refractivity contribution in [3.63, 3.8) is 0 Å². The van der Waals surface area contributed by atoms with E-state index in [0.29, 0.717) is 39.3 Å². The van der Waals surface area contributed by atoms with E-state index in [1.807, 2.05) is 20.8 Å². The molecule has 7 nitrogen and oxygen atoms in total. The first-order valence-electron chi connectivity index (χ1n) is 9.82. The van der Waals surface area contributed by atoms with E-state index in [4.69, 9.17) is 32.7 Å². The zero-order chi connectivity index (χ0) is 22.8. The van der Waals surface area contributed by atoms with Crippen LogP contribution in [0.5, 0.6) is 11.5 Å². The zero-order valence-electron chi connectivity index (χ0n) is 17.6. The van der Waals surface area contributed by atoms with Gasteiger partial charge in [-0.3, -0.25) is 9.59 Å². The summed E-state index contributed by atoms with van der Waals surface area (Å²) in [6.45, 7) is 6.18. The molecule has 0 unspecified atom stereocenters. The predicted octanol–water partition coefficient (Wildman–Crippen LogP) is 4.34. The van der Waals surface area contributed by atoms with Crippen molar-refractivity contribution < 1.29 is 19.1 Å². The van der Waals surface area contributed by atoms with Crippen molar-refractivity contribution in [1.82, 2.24) is 10.7 Å². The van der Waals surface area contributed by atoms with E-state index < -0.39 is 11.8 Å². The molecule has 1 atom stereocenters. The number of halogens is 2. The molecule has 2 rings (SSSR count). The topological polar surface area (TPSA) is 89.0 Å². The first-order chi connectivity index (χ1) is 14.8. The fourth-order valence-electron chi connectivity index (χ4n) is 2.42. The van der Waals surface area contributed by atoms with Gasteiger partial charge in [-0.1, -0.05) is 36.2 Å². The minimum atomic E-state index is -0.835. The van der Waals surface area contributed by atoms with Crippen molar-refractivity contribution in [3.05, 3.63) is 57.6 Å². The van der Waals surface area contributed by atoms with Crippen LogP contribution in [0.2, 0.25) is 10.0 Å². The molecule has 2 aromatic carbocycles. The summed E-state index contributed by atoms with van der Waals surface area (Å²) in [4.78, 5) is 23.5. The van der Waals surface area contributed by atoms with Gasteiger partial charge in [-0.15, -0.1) is 0 Å². The summed E-state index contributed by atoms with van der Waals surface area (Å²) in [6.07, 6.45) is 2.13. The third-order valence-corrected chi connectivity index (χ3v) is 4.99. The highest BCUT2D eigenvalue weighted by atomic mass is 35.5.